The van der Waals surface area contributed by atoms with Crippen LogP contribution in [-0.2, 0) is 22.6 Å². The van der Waals surface area contributed by atoms with E-state index >= 15 is 0 Å². The van der Waals surface area contributed by atoms with Crippen LogP contribution in [0.1, 0.15) is 11.1 Å². The minimum absolute atomic E-state index is 0.150. The van der Waals surface area contributed by atoms with Gasteiger partial charge in [-0.25, -0.2) is 0 Å². The van der Waals surface area contributed by atoms with E-state index < -0.39 is 18.2 Å². The first kappa shape index (κ1) is 16.2. The highest BCUT2D eigenvalue weighted by Gasteiger charge is 2.56. The Morgan fingerprint density at radius 1 is 0.864 bits per heavy atom. The largest absolute Gasteiger partial charge is 0.424 e. The molecule has 1 atom stereocenters. The molecule has 0 radical (unpaired) electrons. The lowest BCUT2D eigenvalue weighted by Crippen LogP contribution is -2.51. The van der Waals surface area contributed by atoms with Gasteiger partial charge in [-0.1, -0.05) is 60.7 Å². The number of carbonyl (C=O) groups excluding carboxylic acids is 1. The molecule has 0 saturated carbocycles. The number of aldehydes is 1. The third-order valence-electron chi connectivity index (χ3n) is 3.32. The Morgan fingerprint density at radius 3 is 1.82 bits per heavy atom. The van der Waals surface area contributed by atoms with Gasteiger partial charge >= 0.3 is 6.18 Å². The summed E-state index contributed by atoms with van der Waals surface area (Å²) < 4.78 is 45.3. The Labute approximate surface area is 126 Å². The summed E-state index contributed by atoms with van der Waals surface area (Å²) in [5.41, 5.74) is -1.88. The van der Waals surface area contributed by atoms with Gasteiger partial charge in [0.25, 0.3) is 0 Å². The molecule has 5 heteroatoms. The molecule has 0 N–H and O–H groups in total. The SMILES string of the molecule is O=C[C@@](Cc1ccccc1)(OCc1ccccc1)C(F)(F)F. The van der Waals surface area contributed by atoms with Crippen LogP contribution >= 0.6 is 0 Å². The van der Waals surface area contributed by atoms with Gasteiger partial charge in [-0.2, -0.15) is 13.2 Å². The van der Waals surface area contributed by atoms with E-state index in [4.69, 9.17) is 4.74 Å². The average Bonchev–Trinajstić information content (AvgIpc) is 2.52. The van der Waals surface area contributed by atoms with Crippen LogP contribution < -0.4 is 0 Å². The predicted octanol–water partition coefficient (Wildman–Crippen LogP) is 3.95. The monoisotopic (exact) mass is 308 g/mol. The summed E-state index contributed by atoms with van der Waals surface area (Å²) in [4.78, 5) is 11.3. The third-order valence-corrected chi connectivity index (χ3v) is 3.32. The van der Waals surface area contributed by atoms with Crippen LogP contribution in [0.2, 0.25) is 0 Å². The molecule has 0 aromatic heterocycles. The van der Waals surface area contributed by atoms with Crippen molar-refractivity contribution in [3.63, 3.8) is 0 Å². The fourth-order valence-corrected chi connectivity index (χ4v) is 2.06. The molecule has 116 valence electrons. The van der Waals surface area contributed by atoms with Gasteiger partial charge in [-0.3, -0.25) is 4.79 Å². The van der Waals surface area contributed by atoms with Crippen molar-refractivity contribution in [2.75, 3.05) is 0 Å². The van der Waals surface area contributed by atoms with Crippen molar-refractivity contribution in [3.8, 4) is 0 Å². The summed E-state index contributed by atoms with van der Waals surface area (Å²) in [5.74, 6) is 0. The van der Waals surface area contributed by atoms with E-state index in [-0.39, 0.29) is 12.9 Å². The first-order chi connectivity index (χ1) is 10.5. The molecular weight excluding hydrogens is 293 g/mol. The third kappa shape index (κ3) is 3.74. The van der Waals surface area contributed by atoms with Gasteiger partial charge in [0.2, 0.25) is 5.60 Å². The molecule has 0 aliphatic rings. The molecule has 2 aromatic carbocycles. The standard InChI is InChI=1S/C17H15F3O2/c18-17(19,20)16(13-21,11-14-7-3-1-4-8-14)22-12-15-9-5-2-6-10-15/h1-10,13H,11-12H2/t16-/m1/s1. The molecule has 0 fully saturated rings. The van der Waals surface area contributed by atoms with E-state index in [0.717, 1.165) is 0 Å². The van der Waals surface area contributed by atoms with Crippen molar-refractivity contribution in [2.45, 2.75) is 24.8 Å². The normalized spacial score (nSPS) is 14.3. The van der Waals surface area contributed by atoms with Gasteiger partial charge < -0.3 is 4.74 Å². The molecule has 22 heavy (non-hydrogen) atoms. The lowest BCUT2D eigenvalue weighted by atomic mass is 9.95. The van der Waals surface area contributed by atoms with Gasteiger partial charge in [-0.15, -0.1) is 0 Å². The minimum Gasteiger partial charge on any atom is -0.354 e. The summed E-state index contributed by atoms with van der Waals surface area (Å²) in [6, 6.07) is 16.5. The van der Waals surface area contributed by atoms with E-state index in [2.05, 4.69) is 0 Å². The molecule has 2 nitrogen and oxygen atoms in total. The Bertz CT molecular complexity index is 596. The molecule has 0 saturated heterocycles. The average molecular weight is 308 g/mol. The summed E-state index contributed by atoms with van der Waals surface area (Å²) >= 11 is 0. The second-order valence-corrected chi connectivity index (χ2v) is 4.94. The van der Waals surface area contributed by atoms with Gasteiger partial charge in [0.05, 0.1) is 6.61 Å². The number of rotatable bonds is 6. The minimum atomic E-state index is -4.79. The number of hydrogen-bond donors (Lipinski definition) is 0. The zero-order valence-electron chi connectivity index (χ0n) is 11.7. The topological polar surface area (TPSA) is 26.3 Å². The lowest BCUT2D eigenvalue weighted by Gasteiger charge is -2.30. The van der Waals surface area contributed by atoms with Crippen molar-refractivity contribution < 1.29 is 22.7 Å². The fraction of sp³-hybridized carbons (Fsp3) is 0.235. The van der Waals surface area contributed by atoms with Crippen LogP contribution in [0.25, 0.3) is 0 Å². The number of carbonyl (C=O) groups is 1. The highest BCUT2D eigenvalue weighted by molar-refractivity contribution is 5.65. The Balaban J connectivity index is 2.23. The first-order valence-corrected chi connectivity index (χ1v) is 6.72. The maximum atomic E-state index is 13.4. The van der Waals surface area contributed by atoms with Crippen molar-refractivity contribution in [3.05, 3.63) is 71.8 Å². The second-order valence-electron chi connectivity index (χ2n) is 4.94. The highest BCUT2D eigenvalue weighted by atomic mass is 19.4. The van der Waals surface area contributed by atoms with Crippen LogP contribution in [0.15, 0.2) is 60.7 Å². The number of benzene rings is 2. The maximum absolute atomic E-state index is 13.4. The molecular formula is C17H15F3O2. The zero-order chi connectivity index (χ0) is 16.1. The Hall–Kier alpha value is -2.14. The van der Waals surface area contributed by atoms with Crippen molar-refractivity contribution in [1.82, 2.24) is 0 Å². The molecule has 2 aromatic rings. The predicted molar refractivity (Wildman–Crippen MR) is 76.2 cm³/mol. The van der Waals surface area contributed by atoms with Gasteiger partial charge in [0, 0.05) is 6.42 Å². The fourth-order valence-electron chi connectivity index (χ4n) is 2.06. The van der Waals surface area contributed by atoms with Crippen molar-refractivity contribution >= 4 is 6.29 Å². The van der Waals surface area contributed by atoms with Crippen LogP contribution in [0.4, 0.5) is 13.2 Å². The summed E-state index contributed by atoms with van der Waals surface area (Å²) in [5, 5.41) is 0. The second kappa shape index (κ2) is 6.75. The van der Waals surface area contributed by atoms with Gasteiger partial charge in [0.15, 0.2) is 6.29 Å². The highest BCUT2D eigenvalue weighted by Crippen LogP contribution is 2.36. The maximum Gasteiger partial charge on any atom is 0.424 e. The summed E-state index contributed by atoms with van der Waals surface area (Å²) in [6.45, 7) is -0.286. The molecule has 2 rings (SSSR count). The van der Waals surface area contributed by atoms with Gasteiger partial charge in [-0.05, 0) is 11.1 Å². The van der Waals surface area contributed by atoms with Crippen LogP contribution in [0, 0.1) is 0 Å². The lowest BCUT2D eigenvalue weighted by molar-refractivity contribution is -0.263. The van der Waals surface area contributed by atoms with Crippen molar-refractivity contribution in [2.24, 2.45) is 0 Å². The Morgan fingerprint density at radius 2 is 1.36 bits per heavy atom. The number of alkyl halides is 3. The van der Waals surface area contributed by atoms with E-state index in [1.807, 2.05) is 0 Å². The van der Waals surface area contributed by atoms with E-state index in [1.54, 1.807) is 48.5 Å². The molecule has 0 amide bonds. The van der Waals surface area contributed by atoms with E-state index in [1.165, 1.54) is 12.1 Å². The van der Waals surface area contributed by atoms with Crippen LogP contribution in [0.5, 0.6) is 0 Å². The quantitative estimate of drug-likeness (QED) is 0.755. The molecule has 0 spiro atoms. The number of hydrogen-bond acceptors (Lipinski definition) is 2. The van der Waals surface area contributed by atoms with Crippen LogP contribution in [0.3, 0.4) is 0 Å². The smallest absolute Gasteiger partial charge is 0.354 e. The first-order valence-electron chi connectivity index (χ1n) is 6.72. The van der Waals surface area contributed by atoms with E-state index in [9.17, 15) is 18.0 Å². The number of ether oxygens (including phenoxy) is 1. The number of halogens is 3. The summed E-state index contributed by atoms with van der Waals surface area (Å²) in [7, 11) is 0. The molecule has 0 aliphatic carbocycles. The van der Waals surface area contributed by atoms with Gasteiger partial charge in [0.1, 0.15) is 0 Å². The molecule has 0 heterocycles. The summed E-state index contributed by atoms with van der Waals surface area (Å²) in [6.07, 6.45) is -5.49. The molecule has 0 bridgehead atoms. The van der Waals surface area contributed by atoms with Crippen molar-refractivity contribution in [1.29, 1.82) is 0 Å². The zero-order valence-corrected chi connectivity index (χ0v) is 11.7. The van der Waals surface area contributed by atoms with Crippen LogP contribution in [-0.4, -0.2) is 18.1 Å². The Kier molecular flexibility index (Phi) is 4.98. The molecule has 0 aliphatic heterocycles. The molecule has 0 unspecified atom stereocenters. The van der Waals surface area contributed by atoms with E-state index in [0.29, 0.717) is 11.1 Å².